The van der Waals surface area contributed by atoms with Gasteiger partial charge in [-0.15, -0.1) is 0 Å². The molecular formula is C17H29NO2. The van der Waals surface area contributed by atoms with Crippen LogP contribution in [0.15, 0.2) is 24.3 Å². The second-order valence-electron chi connectivity index (χ2n) is 4.84. The van der Waals surface area contributed by atoms with Crippen LogP contribution in [0, 0.1) is 0 Å². The number of hydrogen-bond acceptors (Lipinski definition) is 3. The summed E-state index contributed by atoms with van der Waals surface area (Å²) in [7, 11) is 0. The van der Waals surface area contributed by atoms with Crippen molar-refractivity contribution in [1.29, 1.82) is 0 Å². The van der Waals surface area contributed by atoms with Gasteiger partial charge in [0, 0.05) is 24.8 Å². The lowest BCUT2D eigenvalue weighted by Gasteiger charge is -2.21. The predicted octanol–water partition coefficient (Wildman–Crippen LogP) is 3.94. The second kappa shape index (κ2) is 10.7. The number of rotatable bonds is 11. The number of hydrogen-bond donors (Lipinski definition) is 1. The Morgan fingerprint density at radius 1 is 1.10 bits per heavy atom. The van der Waals surface area contributed by atoms with Crippen molar-refractivity contribution in [3.8, 4) is 5.75 Å². The molecule has 1 atom stereocenters. The zero-order valence-electron chi connectivity index (χ0n) is 13.2. The van der Waals surface area contributed by atoms with Crippen molar-refractivity contribution in [3.63, 3.8) is 0 Å². The van der Waals surface area contributed by atoms with Gasteiger partial charge in [0.15, 0.2) is 0 Å². The molecule has 0 heterocycles. The molecule has 0 spiro atoms. The lowest BCUT2D eigenvalue weighted by molar-refractivity contribution is 0.140. The normalized spacial score (nSPS) is 12.3. The SMILES string of the molecule is CCCOc1ccccc1C(CCCOCC)NCC. The molecule has 3 heteroatoms. The van der Waals surface area contributed by atoms with Gasteiger partial charge in [-0.25, -0.2) is 0 Å². The van der Waals surface area contributed by atoms with E-state index in [0.29, 0.717) is 6.04 Å². The van der Waals surface area contributed by atoms with Gasteiger partial charge in [0.05, 0.1) is 6.61 Å². The maximum absolute atomic E-state index is 5.87. The molecule has 0 saturated carbocycles. The van der Waals surface area contributed by atoms with Crippen LogP contribution in [0.3, 0.4) is 0 Å². The van der Waals surface area contributed by atoms with Gasteiger partial charge in [-0.2, -0.15) is 0 Å². The number of para-hydroxylation sites is 1. The first-order chi connectivity index (χ1) is 9.83. The summed E-state index contributed by atoms with van der Waals surface area (Å²) in [6.45, 7) is 9.67. The molecule has 20 heavy (non-hydrogen) atoms. The summed E-state index contributed by atoms with van der Waals surface area (Å²) < 4.78 is 11.3. The van der Waals surface area contributed by atoms with E-state index >= 15 is 0 Å². The molecule has 0 radical (unpaired) electrons. The van der Waals surface area contributed by atoms with E-state index in [9.17, 15) is 0 Å². The van der Waals surface area contributed by atoms with E-state index in [0.717, 1.165) is 51.4 Å². The van der Waals surface area contributed by atoms with Crippen LogP contribution in [0.2, 0.25) is 0 Å². The van der Waals surface area contributed by atoms with Crippen LogP contribution in [0.4, 0.5) is 0 Å². The Labute approximate surface area is 123 Å². The van der Waals surface area contributed by atoms with E-state index < -0.39 is 0 Å². The lowest BCUT2D eigenvalue weighted by atomic mass is 10.0. The van der Waals surface area contributed by atoms with Crippen molar-refractivity contribution in [1.82, 2.24) is 5.32 Å². The second-order valence-corrected chi connectivity index (χ2v) is 4.84. The van der Waals surface area contributed by atoms with E-state index in [1.807, 2.05) is 13.0 Å². The molecule has 114 valence electrons. The van der Waals surface area contributed by atoms with Crippen molar-refractivity contribution in [2.45, 2.75) is 46.1 Å². The Morgan fingerprint density at radius 3 is 2.60 bits per heavy atom. The maximum atomic E-state index is 5.87. The zero-order chi connectivity index (χ0) is 14.6. The summed E-state index contributed by atoms with van der Waals surface area (Å²) >= 11 is 0. The molecule has 1 aromatic rings. The smallest absolute Gasteiger partial charge is 0.124 e. The first-order valence-corrected chi connectivity index (χ1v) is 7.86. The molecule has 3 nitrogen and oxygen atoms in total. The van der Waals surface area contributed by atoms with Gasteiger partial charge < -0.3 is 14.8 Å². The molecule has 1 aromatic carbocycles. The highest BCUT2D eigenvalue weighted by atomic mass is 16.5. The van der Waals surface area contributed by atoms with Gasteiger partial charge in [-0.3, -0.25) is 0 Å². The van der Waals surface area contributed by atoms with Crippen LogP contribution in [-0.2, 0) is 4.74 Å². The maximum Gasteiger partial charge on any atom is 0.124 e. The van der Waals surface area contributed by atoms with Gasteiger partial charge in [0.1, 0.15) is 5.75 Å². The van der Waals surface area contributed by atoms with E-state index in [1.165, 1.54) is 5.56 Å². The topological polar surface area (TPSA) is 30.5 Å². The van der Waals surface area contributed by atoms with Gasteiger partial charge >= 0.3 is 0 Å². The molecule has 1 N–H and O–H groups in total. The Balaban J connectivity index is 2.68. The van der Waals surface area contributed by atoms with E-state index in [-0.39, 0.29) is 0 Å². The first-order valence-electron chi connectivity index (χ1n) is 7.86. The standard InChI is InChI=1S/C17H29NO2/c1-4-13-20-17-12-8-7-10-15(17)16(18-5-2)11-9-14-19-6-3/h7-8,10,12,16,18H,4-6,9,11,13-14H2,1-3H3. The Morgan fingerprint density at radius 2 is 1.90 bits per heavy atom. The van der Waals surface area contributed by atoms with Crippen molar-refractivity contribution in [2.24, 2.45) is 0 Å². The monoisotopic (exact) mass is 279 g/mol. The Bertz CT molecular complexity index is 355. The van der Waals surface area contributed by atoms with E-state index in [1.54, 1.807) is 0 Å². The minimum absolute atomic E-state index is 0.341. The van der Waals surface area contributed by atoms with Crippen LogP contribution in [-0.4, -0.2) is 26.4 Å². The van der Waals surface area contributed by atoms with Gasteiger partial charge in [0.2, 0.25) is 0 Å². The molecule has 0 bridgehead atoms. The Hall–Kier alpha value is -1.06. The highest BCUT2D eigenvalue weighted by molar-refractivity contribution is 5.36. The minimum atomic E-state index is 0.341. The minimum Gasteiger partial charge on any atom is -0.493 e. The third-order valence-electron chi connectivity index (χ3n) is 3.19. The number of ether oxygens (including phenoxy) is 2. The highest BCUT2D eigenvalue weighted by Gasteiger charge is 2.14. The average molecular weight is 279 g/mol. The van der Waals surface area contributed by atoms with Crippen molar-refractivity contribution in [2.75, 3.05) is 26.4 Å². The van der Waals surface area contributed by atoms with Crippen LogP contribution >= 0.6 is 0 Å². The number of benzene rings is 1. The summed E-state index contributed by atoms with van der Waals surface area (Å²) in [4.78, 5) is 0. The summed E-state index contributed by atoms with van der Waals surface area (Å²) in [6.07, 6.45) is 3.17. The zero-order valence-corrected chi connectivity index (χ0v) is 13.2. The van der Waals surface area contributed by atoms with Crippen molar-refractivity contribution in [3.05, 3.63) is 29.8 Å². The average Bonchev–Trinajstić information content (AvgIpc) is 2.49. The van der Waals surface area contributed by atoms with Gasteiger partial charge in [-0.1, -0.05) is 32.0 Å². The van der Waals surface area contributed by atoms with Gasteiger partial charge in [0.25, 0.3) is 0 Å². The summed E-state index contributed by atoms with van der Waals surface area (Å²) in [6, 6.07) is 8.70. The van der Waals surface area contributed by atoms with Crippen molar-refractivity contribution >= 4 is 0 Å². The quantitative estimate of drug-likeness (QED) is 0.622. The molecule has 0 fully saturated rings. The molecule has 1 rings (SSSR count). The van der Waals surface area contributed by atoms with Crippen LogP contribution < -0.4 is 10.1 Å². The van der Waals surface area contributed by atoms with Crippen LogP contribution in [0.5, 0.6) is 5.75 Å². The fraction of sp³-hybridized carbons (Fsp3) is 0.647. The fourth-order valence-corrected chi connectivity index (χ4v) is 2.26. The third kappa shape index (κ3) is 5.93. The Kier molecular flexibility index (Phi) is 9.09. The molecule has 0 aliphatic rings. The molecule has 0 aromatic heterocycles. The van der Waals surface area contributed by atoms with Crippen molar-refractivity contribution < 1.29 is 9.47 Å². The molecular weight excluding hydrogens is 250 g/mol. The molecule has 0 aliphatic carbocycles. The summed E-state index contributed by atoms with van der Waals surface area (Å²) in [5.41, 5.74) is 1.26. The van der Waals surface area contributed by atoms with Gasteiger partial charge in [-0.05, 0) is 38.8 Å². The highest BCUT2D eigenvalue weighted by Crippen LogP contribution is 2.28. The molecule has 0 saturated heterocycles. The predicted molar refractivity (Wildman–Crippen MR) is 84.4 cm³/mol. The number of nitrogens with one attached hydrogen (secondary N) is 1. The van der Waals surface area contributed by atoms with Crippen LogP contribution in [0.1, 0.15) is 51.6 Å². The molecule has 0 amide bonds. The third-order valence-corrected chi connectivity index (χ3v) is 3.19. The van der Waals surface area contributed by atoms with E-state index in [2.05, 4.69) is 37.4 Å². The van der Waals surface area contributed by atoms with Crippen LogP contribution in [0.25, 0.3) is 0 Å². The molecule has 1 unspecified atom stereocenters. The summed E-state index contributed by atoms with van der Waals surface area (Å²) in [5, 5.41) is 3.56. The molecule has 0 aliphatic heterocycles. The first kappa shape index (κ1) is 17.0. The lowest BCUT2D eigenvalue weighted by Crippen LogP contribution is -2.22. The largest absolute Gasteiger partial charge is 0.493 e. The van der Waals surface area contributed by atoms with E-state index in [4.69, 9.17) is 9.47 Å². The fourth-order valence-electron chi connectivity index (χ4n) is 2.26. The summed E-state index contributed by atoms with van der Waals surface area (Å²) in [5.74, 6) is 1.01.